The molecular weight excluding hydrogens is 310 g/mol. The fourth-order valence-electron chi connectivity index (χ4n) is 4.65. The van der Waals surface area contributed by atoms with Crippen molar-refractivity contribution in [2.75, 3.05) is 19.6 Å². The van der Waals surface area contributed by atoms with Crippen molar-refractivity contribution in [2.24, 2.45) is 11.8 Å². The van der Waals surface area contributed by atoms with Gasteiger partial charge >= 0.3 is 0 Å². The van der Waals surface area contributed by atoms with Gasteiger partial charge in [0.15, 0.2) is 0 Å². The summed E-state index contributed by atoms with van der Waals surface area (Å²) in [5.74, 6) is 1.35. The number of hydrogen-bond donors (Lipinski definition) is 0. The summed E-state index contributed by atoms with van der Waals surface area (Å²) in [6.45, 7) is 6.28. The van der Waals surface area contributed by atoms with Gasteiger partial charge in [-0.1, -0.05) is 0 Å². The maximum atomic E-state index is 12.9. The van der Waals surface area contributed by atoms with E-state index in [0.717, 1.165) is 48.1 Å². The van der Waals surface area contributed by atoms with Crippen molar-refractivity contribution in [3.05, 3.63) is 15.6 Å². The molecule has 6 heteroatoms. The minimum Gasteiger partial charge on any atom is -0.339 e. The van der Waals surface area contributed by atoms with Crippen LogP contribution in [0.15, 0.2) is 0 Å². The Morgan fingerprint density at radius 2 is 2.09 bits per heavy atom. The molecule has 4 rings (SSSR count). The highest BCUT2D eigenvalue weighted by molar-refractivity contribution is 7.13. The van der Waals surface area contributed by atoms with Crippen molar-refractivity contribution in [1.29, 1.82) is 0 Å². The quantitative estimate of drug-likeness (QED) is 0.792. The van der Waals surface area contributed by atoms with Gasteiger partial charge in [0.1, 0.15) is 4.88 Å². The number of piperidine rings is 3. The Morgan fingerprint density at radius 3 is 2.83 bits per heavy atom. The Kier molecular flexibility index (Phi) is 3.67. The van der Waals surface area contributed by atoms with E-state index in [1.807, 2.05) is 18.7 Å². The van der Waals surface area contributed by atoms with Crippen LogP contribution in [0.3, 0.4) is 0 Å². The fraction of sp³-hybridized carbons (Fsp3) is 0.706. The monoisotopic (exact) mass is 333 g/mol. The number of thiazole rings is 1. The van der Waals surface area contributed by atoms with E-state index in [9.17, 15) is 9.59 Å². The molecule has 4 heterocycles. The second kappa shape index (κ2) is 5.58. The van der Waals surface area contributed by atoms with E-state index in [0.29, 0.717) is 30.2 Å². The number of rotatable bonds is 1. The molecule has 0 N–H and O–H groups in total. The van der Waals surface area contributed by atoms with Crippen LogP contribution in [0.25, 0.3) is 0 Å². The number of fused-ring (bicyclic) bond motifs is 4. The summed E-state index contributed by atoms with van der Waals surface area (Å²) in [6.07, 6.45) is 3.98. The van der Waals surface area contributed by atoms with E-state index in [4.69, 9.17) is 0 Å². The van der Waals surface area contributed by atoms with Crippen molar-refractivity contribution >= 4 is 23.2 Å². The summed E-state index contributed by atoms with van der Waals surface area (Å²) in [6, 6.07) is 0.354. The predicted octanol–water partition coefficient (Wildman–Crippen LogP) is 2.23. The third-order valence-electron chi connectivity index (χ3n) is 5.56. The zero-order valence-corrected chi connectivity index (χ0v) is 14.6. The summed E-state index contributed by atoms with van der Waals surface area (Å²) < 4.78 is 0. The molecule has 3 atom stereocenters. The highest BCUT2D eigenvalue weighted by Crippen LogP contribution is 2.38. The number of aryl methyl sites for hydroxylation is 2. The molecule has 0 aromatic carbocycles. The lowest BCUT2D eigenvalue weighted by molar-refractivity contribution is -0.144. The van der Waals surface area contributed by atoms with Gasteiger partial charge in [0.05, 0.1) is 10.7 Å². The summed E-state index contributed by atoms with van der Waals surface area (Å²) in [5, 5.41) is 0.951. The molecule has 23 heavy (non-hydrogen) atoms. The van der Waals surface area contributed by atoms with Gasteiger partial charge in [-0.25, -0.2) is 4.98 Å². The van der Waals surface area contributed by atoms with Gasteiger partial charge in [-0.2, -0.15) is 0 Å². The van der Waals surface area contributed by atoms with Crippen LogP contribution in [0.2, 0.25) is 0 Å². The molecule has 2 amide bonds. The van der Waals surface area contributed by atoms with E-state index in [-0.39, 0.29) is 5.91 Å². The Morgan fingerprint density at radius 1 is 1.26 bits per heavy atom. The van der Waals surface area contributed by atoms with Crippen LogP contribution in [0.1, 0.15) is 46.1 Å². The highest BCUT2D eigenvalue weighted by atomic mass is 32.1. The SMILES string of the molecule is Cc1nc(C)c(C(=O)N2C[C@H]3C[C@H](C2)[C@H]2CCCC(=O)N2C3)s1. The Labute approximate surface area is 140 Å². The lowest BCUT2D eigenvalue weighted by Crippen LogP contribution is -2.61. The second-order valence-electron chi connectivity index (χ2n) is 7.23. The summed E-state index contributed by atoms with van der Waals surface area (Å²) in [7, 11) is 0. The normalized spacial score (nSPS) is 30.3. The maximum absolute atomic E-state index is 12.9. The smallest absolute Gasteiger partial charge is 0.265 e. The van der Waals surface area contributed by atoms with Crippen LogP contribution in [0, 0.1) is 25.7 Å². The number of carbonyl (C=O) groups is 2. The fourth-order valence-corrected chi connectivity index (χ4v) is 5.54. The molecule has 124 valence electrons. The number of carbonyl (C=O) groups excluding carboxylic acids is 2. The third kappa shape index (κ3) is 2.57. The number of hydrogen-bond acceptors (Lipinski definition) is 4. The molecule has 0 spiro atoms. The minimum atomic E-state index is 0.137. The molecule has 2 bridgehead atoms. The van der Waals surface area contributed by atoms with Gasteiger partial charge < -0.3 is 9.80 Å². The van der Waals surface area contributed by atoms with E-state index < -0.39 is 0 Å². The molecule has 3 aliphatic heterocycles. The van der Waals surface area contributed by atoms with Gasteiger partial charge in [-0.15, -0.1) is 11.3 Å². The van der Waals surface area contributed by atoms with Crippen molar-refractivity contribution in [2.45, 2.75) is 45.6 Å². The van der Waals surface area contributed by atoms with Crippen molar-refractivity contribution in [3.63, 3.8) is 0 Å². The second-order valence-corrected chi connectivity index (χ2v) is 8.43. The number of nitrogens with zero attached hydrogens (tertiary/aromatic N) is 3. The van der Waals surface area contributed by atoms with Crippen LogP contribution < -0.4 is 0 Å². The van der Waals surface area contributed by atoms with E-state index in [1.165, 1.54) is 17.8 Å². The Bertz CT molecular complexity index is 656. The van der Waals surface area contributed by atoms with Crippen molar-refractivity contribution in [1.82, 2.24) is 14.8 Å². The zero-order chi connectivity index (χ0) is 16.1. The molecule has 3 aliphatic rings. The predicted molar refractivity (Wildman–Crippen MR) is 88.4 cm³/mol. The average Bonchev–Trinajstić information content (AvgIpc) is 2.86. The molecule has 0 saturated carbocycles. The Hall–Kier alpha value is -1.43. The standard InChI is InChI=1S/C17H23N3O2S/c1-10-16(23-11(2)18-10)17(22)19-7-12-6-13(9-19)14-4-3-5-15(21)20(14)8-12/h12-14H,3-9H2,1-2H3/t12-,13-,14-/m1/s1. The molecule has 3 fully saturated rings. The number of likely N-dealkylation sites (tertiary alicyclic amines) is 1. The molecule has 1 aromatic heterocycles. The first-order valence-electron chi connectivity index (χ1n) is 8.55. The van der Waals surface area contributed by atoms with Crippen molar-refractivity contribution < 1.29 is 9.59 Å². The molecule has 5 nitrogen and oxygen atoms in total. The topological polar surface area (TPSA) is 53.5 Å². The molecular formula is C17H23N3O2S. The first-order valence-corrected chi connectivity index (χ1v) is 9.37. The zero-order valence-electron chi connectivity index (χ0n) is 13.7. The van der Waals surface area contributed by atoms with Gasteiger partial charge in [0.2, 0.25) is 5.91 Å². The lowest BCUT2D eigenvalue weighted by Gasteiger charge is -2.52. The van der Waals surface area contributed by atoms with Crippen LogP contribution >= 0.6 is 11.3 Å². The molecule has 3 saturated heterocycles. The van der Waals surface area contributed by atoms with Crippen LogP contribution in [0.4, 0.5) is 0 Å². The van der Waals surface area contributed by atoms with E-state index in [1.54, 1.807) is 0 Å². The first kappa shape index (κ1) is 15.1. The van der Waals surface area contributed by atoms with Gasteiger partial charge in [0, 0.05) is 32.1 Å². The number of amides is 2. The van der Waals surface area contributed by atoms with Gasteiger partial charge in [-0.05, 0) is 44.9 Å². The van der Waals surface area contributed by atoms with E-state index >= 15 is 0 Å². The lowest BCUT2D eigenvalue weighted by atomic mass is 9.76. The van der Waals surface area contributed by atoms with Crippen molar-refractivity contribution in [3.8, 4) is 0 Å². The minimum absolute atomic E-state index is 0.137. The molecule has 0 radical (unpaired) electrons. The average molecular weight is 333 g/mol. The number of aromatic nitrogens is 1. The maximum Gasteiger partial charge on any atom is 0.265 e. The Balaban J connectivity index is 1.54. The van der Waals surface area contributed by atoms with Crippen LogP contribution in [-0.2, 0) is 4.79 Å². The summed E-state index contributed by atoms with van der Waals surface area (Å²) in [4.78, 5) is 34.4. The highest BCUT2D eigenvalue weighted by Gasteiger charge is 2.45. The van der Waals surface area contributed by atoms with Gasteiger partial charge in [0.25, 0.3) is 5.91 Å². The third-order valence-corrected chi connectivity index (χ3v) is 6.63. The summed E-state index contributed by atoms with van der Waals surface area (Å²) in [5.41, 5.74) is 0.850. The molecule has 1 aromatic rings. The van der Waals surface area contributed by atoms with Crippen LogP contribution in [-0.4, -0.2) is 52.3 Å². The van der Waals surface area contributed by atoms with Gasteiger partial charge in [-0.3, -0.25) is 9.59 Å². The molecule has 0 aliphatic carbocycles. The largest absolute Gasteiger partial charge is 0.339 e. The van der Waals surface area contributed by atoms with E-state index in [2.05, 4.69) is 9.88 Å². The van der Waals surface area contributed by atoms with Crippen LogP contribution in [0.5, 0.6) is 0 Å². The first-order chi connectivity index (χ1) is 11.0. The molecule has 0 unspecified atom stereocenters. The summed E-state index contributed by atoms with van der Waals surface area (Å²) >= 11 is 1.50.